The van der Waals surface area contributed by atoms with E-state index in [0.717, 1.165) is 38.3 Å². The molecule has 0 radical (unpaired) electrons. The van der Waals surface area contributed by atoms with Crippen LogP contribution >= 0.6 is 0 Å². The number of fused-ring (bicyclic) bond motifs is 6. The van der Waals surface area contributed by atoms with Crippen LogP contribution in [0, 0.1) is 23.7 Å². The highest BCUT2D eigenvalue weighted by molar-refractivity contribution is 6.06. The molecule has 1 saturated heterocycles. The van der Waals surface area contributed by atoms with Crippen molar-refractivity contribution < 1.29 is 9.59 Å². The van der Waals surface area contributed by atoms with E-state index in [-0.39, 0.29) is 35.5 Å². The minimum atomic E-state index is -0.0997. The van der Waals surface area contributed by atoms with Crippen molar-refractivity contribution in [2.75, 3.05) is 26.7 Å². The zero-order valence-corrected chi connectivity index (χ0v) is 18.5. The molecule has 32 heavy (non-hydrogen) atoms. The fourth-order valence-electron chi connectivity index (χ4n) is 5.64. The molecule has 168 valence electrons. The molecule has 2 amide bonds. The molecule has 1 aromatic heterocycles. The molecular formula is C25H31N5O2. The predicted octanol–water partition coefficient (Wildman–Crippen LogP) is 2.39. The van der Waals surface area contributed by atoms with Crippen LogP contribution in [0.1, 0.15) is 19.3 Å². The zero-order chi connectivity index (χ0) is 22.1. The highest BCUT2D eigenvalue weighted by atomic mass is 16.2. The topological polar surface area (TPSA) is 78.7 Å². The molecule has 4 atom stereocenters. The third-order valence-electron chi connectivity index (χ3n) is 7.18. The monoisotopic (exact) mass is 433 g/mol. The van der Waals surface area contributed by atoms with Gasteiger partial charge in [0.1, 0.15) is 0 Å². The number of nitrogens with one attached hydrogen (secondary N) is 2. The van der Waals surface area contributed by atoms with Gasteiger partial charge >= 0.3 is 0 Å². The summed E-state index contributed by atoms with van der Waals surface area (Å²) in [6.07, 6.45) is 9.08. The van der Waals surface area contributed by atoms with Crippen molar-refractivity contribution in [2.24, 2.45) is 28.7 Å². The molecule has 1 saturated carbocycles. The number of aliphatic imine (C=N–C) groups is 1. The molecule has 7 heteroatoms. The van der Waals surface area contributed by atoms with Crippen LogP contribution in [0.3, 0.4) is 0 Å². The second kappa shape index (κ2) is 8.81. The van der Waals surface area contributed by atoms with Gasteiger partial charge in [-0.2, -0.15) is 0 Å². The van der Waals surface area contributed by atoms with E-state index in [1.807, 2.05) is 0 Å². The zero-order valence-electron chi connectivity index (χ0n) is 18.5. The summed E-state index contributed by atoms with van der Waals surface area (Å²) in [6, 6.07) is 10.6. The van der Waals surface area contributed by atoms with E-state index in [1.54, 1.807) is 7.05 Å². The summed E-state index contributed by atoms with van der Waals surface area (Å²) in [5, 5.41) is 7.91. The second-order valence-electron chi connectivity index (χ2n) is 9.03. The lowest BCUT2D eigenvalue weighted by Gasteiger charge is -2.18. The van der Waals surface area contributed by atoms with Gasteiger partial charge in [0.15, 0.2) is 5.96 Å². The third kappa shape index (κ3) is 3.70. The van der Waals surface area contributed by atoms with Crippen molar-refractivity contribution in [3.63, 3.8) is 0 Å². The fourth-order valence-corrected chi connectivity index (χ4v) is 5.64. The number of guanidine groups is 1. The van der Waals surface area contributed by atoms with Crippen molar-refractivity contribution in [3.8, 4) is 0 Å². The Labute approximate surface area is 188 Å². The summed E-state index contributed by atoms with van der Waals surface area (Å²) in [4.78, 5) is 31.3. The molecule has 3 aliphatic rings. The first kappa shape index (κ1) is 20.8. The van der Waals surface area contributed by atoms with E-state index in [2.05, 4.69) is 68.9 Å². The quantitative estimate of drug-likeness (QED) is 0.220. The van der Waals surface area contributed by atoms with E-state index in [0.29, 0.717) is 13.1 Å². The summed E-state index contributed by atoms with van der Waals surface area (Å²) in [7, 11) is 1.76. The maximum absolute atomic E-state index is 12.7. The van der Waals surface area contributed by atoms with Gasteiger partial charge in [0, 0.05) is 44.9 Å². The third-order valence-corrected chi connectivity index (χ3v) is 7.18. The number of aryl methyl sites for hydroxylation is 1. The van der Waals surface area contributed by atoms with Gasteiger partial charge in [0.05, 0.1) is 11.8 Å². The average molecular weight is 434 g/mol. The van der Waals surface area contributed by atoms with Crippen LogP contribution in [0.15, 0.2) is 53.7 Å². The number of benzene rings is 1. The van der Waals surface area contributed by atoms with E-state index in [1.165, 1.54) is 15.8 Å². The minimum absolute atomic E-state index is 0.0388. The lowest BCUT2D eigenvalue weighted by Crippen LogP contribution is -2.40. The highest BCUT2D eigenvalue weighted by Crippen LogP contribution is 2.52. The van der Waals surface area contributed by atoms with Gasteiger partial charge in [-0.05, 0) is 48.6 Å². The number of nitrogens with zero attached hydrogens (tertiary/aromatic N) is 3. The van der Waals surface area contributed by atoms with Gasteiger partial charge in [-0.1, -0.05) is 30.4 Å². The van der Waals surface area contributed by atoms with Gasteiger partial charge in [-0.25, -0.2) is 0 Å². The van der Waals surface area contributed by atoms with Crippen LogP contribution in [0.4, 0.5) is 0 Å². The van der Waals surface area contributed by atoms with Crippen LogP contribution in [-0.4, -0.2) is 53.9 Å². The number of carbonyl (C=O) groups is 2. The van der Waals surface area contributed by atoms with E-state index >= 15 is 0 Å². The van der Waals surface area contributed by atoms with Crippen LogP contribution in [0.25, 0.3) is 10.9 Å². The lowest BCUT2D eigenvalue weighted by atomic mass is 9.85. The van der Waals surface area contributed by atoms with Gasteiger partial charge < -0.3 is 15.2 Å². The number of carbonyl (C=O) groups excluding carboxylic acids is 2. The molecule has 2 fully saturated rings. The molecule has 2 N–H and O–H groups in total. The van der Waals surface area contributed by atoms with Crippen molar-refractivity contribution in [3.05, 3.63) is 48.7 Å². The van der Waals surface area contributed by atoms with Crippen molar-refractivity contribution in [1.29, 1.82) is 0 Å². The Kier molecular flexibility index (Phi) is 5.72. The maximum atomic E-state index is 12.7. The molecule has 5 rings (SSSR count). The number of rotatable bonds is 8. The number of likely N-dealkylation sites (tertiary alicyclic amines) is 1. The Bertz CT molecular complexity index is 1040. The van der Waals surface area contributed by atoms with Gasteiger partial charge in [-0.3, -0.25) is 19.5 Å². The number of aromatic nitrogens is 1. The highest BCUT2D eigenvalue weighted by Gasteiger charge is 2.58. The summed E-state index contributed by atoms with van der Waals surface area (Å²) < 4.78 is 2.27. The Balaban J connectivity index is 1.02. The molecule has 2 aliphatic carbocycles. The molecule has 1 aliphatic heterocycles. The van der Waals surface area contributed by atoms with E-state index in [4.69, 9.17) is 0 Å². The normalized spacial score (nSPS) is 26.4. The van der Waals surface area contributed by atoms with Crippen LogP contribution in [0.5, 0.6) is 0 Å². The van der Waals surface area contributed by atoms with Crippen LogP contribution < -0.4 is 10.6 Å². The number of allylic oxidation sites excluding steroid dienone is 2. The van der Waals surface area contributed by atoms with E-state index in [9.17, 15) is 9.59 Å². The first-order valence-electron chi connectivity index (χ1n) is 11.7. The van der Waals surface area contributed by atoms with Crippen molar-refractivity contribution >= 4 is 28.7 Å². The number of para-hydroxylation sites is 1. The Morgan fingerprint density at radius 1 is 0.969 bits per heavy atom. The molecule has 2 bridgehead atoms. The van der Waals surface area contributed by atoms with Crippen molar-refractivity contribution in [2.45, 2.75) is 25.8 Å². The predicted molar refractivity (Wildman–Crippen MR) is 125 cm³/mol. The molecule has 7 nitrogen and oxygen atoms in total. The van der Waals surface area contributed by atoms with E-state index < -0.39 is 0 Å². The maximum Gasteiger partial charge on any atom is 0.233 e. The van der Waals surface area contributed by atoms with Gasteiger partial charge in [-0.15, -0.1) is 0 Å². The SMILES string of the molecule is CN=C(NCCCN1C(=O)C2C3C=CC(C3)C2C1=O)NCCCn1ccc2ccccc21. The van der Waals surface area contributed by atoms with Gasteiger partial charge in [0.2, 0.25) is 11.8 Å². The fraction of sp³-hybridized carbons (Fsp3) is 0.480. The summed E-state index contributed by atoms with van der Waals surface area (Å²) >= 11 is 0. The van der Waals surface area contributed by atoms with Crippen LogP contribution in [0.2, 0.25) is 0 Å². The lowest BCUT2D eigenvalue weighted by molar-refractivity contribution is -0.140. The molecule has 2 heterocycles. The summed E-state index contributed by atoms with van der Waals surface area (Å²) in [5.41, 5.74) is 1.26. The summed E-state index contributed by atoms with van der Waals surface area (Å²) in [5.74, 6) is 1.18. The standard InChI is InChI=1S/C25H31N5O2/c1-26-25(27-11-4-13-29-15-10-17-6-2-3-7-20(17)29)28-12-5-14-30-23(31)21-18-8-9-19(16-18)22(21)24(30)32/h2-3,6-10,15,18-19,21-22H,4-5,11-14,16H2,1H3,(H2,26,27,28). The first-order chi connectivity index (χ1) is 15.7. The van der Waals surface area contributed by atoms with Crippen LogP contribution in [-0.2, 0) is 16.1 Å². The minimum Gasteiger partial charge on any atom is -0.356 e. The first-order valence-corrected chi connectivity index (χ1v) is 11.7. The van der Waals surface area contributed by atoms with Gasteiger partial charge in [0.25, 0.3) is 0 Å². The molecular weight excluding hydrogens is 402 g/mol. The second-order valence-corrected chi connectivity index (χ2v) is 9.03. The Hall–Kier alpha value is -3.09. The molecule has 4 unspecified atom stereocenters. The number of hydrogen-bond acceptors (Lipinski definition) is 3. The molecule has 0 spiro atoms. The Morgan fingerprint density at radius 2 is 1.62 bits per heavy atom. The number of hydrogen-bond donors (Lipinski definition) is 2. The molecule has 2 aromatic rings. The average Bonchev–Trinajstić information content (AvgIpc) is 3.58. The summed E-state index contributed by atoms with van der Waals surface area (Å²) in [6.45, 7) is 2.90. The smallest absolute Gasteiger partial charge is 0.233 e. The largest absolute Gasteiger partial charge is 0.356 e. The number of amides is 2. The molecule has 1 aromatic carbocycles. The Morgan fingerprint density at radius 3 is 2.31 bits per heavy atom. The van der Waals surface area contributed by atoms with Crippen molar-refractivity contribution in [1.82, 2.24) is 20.1 Å². The number of imide groups is 1.